The van der Waals surface area contributed by atoms with Crippen molar-refractivity contribution >= 4 is 5.97 Å². The number of unbranched alkanes of at least 4 members (excludes halogenated alkanes) is 3. The highest BCUT2D eigenvalue weighted by molar-refractivity contribution is 5.92. The Kier molecular flexibility index (Phi) is 8.82. The van der Waals surface area contributed by atoms with E-state index in [4.69, 9.17) is 10.00 Å². The third-order valence-corrected chi connectivity index (χ3v) is 4.16. The Morgan fingerprint density at radius 3 is 2.62 bits per heavy atom. The molecule has 1 aliphatic carbocycles. The molecule has 0 heterocycles. The predicted octanol–water partition coefficient (Wildman–Crippen LogP) is 4.92. The smallest absolute Gasteiger partial charge is 0.348 e. The minimum absolute atomic E-state index is 0.0996. The zero-order chi connectivity index (χ0) is 15.5. The van der Waals surface area contributed by atoms with Crippen LogP contribution >= 0.6 is 0 Å². The summed E-state index contributed by atoms with van der Waals surface area (Å²) >= 11 is 0. The van der Waals surface area contributed by atoms with Crippen molar-refractivity contribution < 1.29 is 9.53 Å². The number of allylic oxidation sites excluding steroid dienone is 1. The summed E-state index contributed by atoms with van der Waals surface area (Å²) in [5.74, 6) is -0.0631. The summed E-state index contributed by atoms with van der Waals surface area (Å²) in [6.45, 7) is 4.10. The summed E-state index contributed by atoms with van der Waals surface area (Å²) in [4.78, 5) is 12.0. The minimum Gasteiger partial charge on any atom is -0.459 e. The molecule has 1 aliphatic rings. The molecule has 0 amide bonds. The van der Waals surface area contributed by atoms with E-state index < -0.39 is 5.97 Å². The second-order valence-electron chi connectivity index (χ2n) is 6.16. The largest absolute Gasteiger partial charge is 0.459 e. The maximum absolute atomic E-state index is 12.0. The van der Waals surface area contributed by atoms with Gasteiger partial charge in [0.15, 0.2) is 0 Å². The number of nitrogens with zero attached hydrogens (tertiary/aromatic N) is 1. The van der Waals surface area contributed by atoms with E-state index >= 15 is 0 Å². The first-order valence-electron chi connectivity index (χ1n) is 8.50. The van der Waals surface area contributed by atoms with E-state index in [2.05, 4.69) is 6.92 Å². The zero-order valence-corrected chi connectivity index (χ0v) is 13.6. The number of carbonyl (C=O) groups excluding carboxylic acids is 1. The monoisotopic (exact) mass is 291 g/mol. The van der Waals surface area contributed by atoms with Gasteiger partial charge in [-0.05, 0) is 38.5 Å². The SMILES string of the molecule is CCCCCCC(C)OC(=O)/C(C#N)=C/C1CCCCC1. The van der Waals surface area contributed by atoms with Crippen molar-refractivity contribution in [3.8, 4) is 6.07 Å². The van der Waals surface area contributed by atoms with Gasteiger partial charge in [0.2, 0.25) is 0 Å². The second-order valence-corrected chi connectivity index (χ2v) is 6.16. The molecule has 0 aromatic heterocycles. The molecule has 0 saturated heterocycles. The third-order valence-electron chi connectivity index (χ3n) is 4.16. The zero-order valence-electron chi connectivity index (χ0n) is 13.6. The summed E-state index contributed by atoms with van der Waals surface area (Å²) in [6, 6.07) is 2.02. The van der Waals surface area contributed by atoms with E-state index in [9.17, 15) is 4.79 Å². The van der Waals surface area contributed by atoms with E-state index in [1.807, 2.05) is 19.1 Å². The molecule has 1 rings (SSSR count). The molecule has 1 saturated carbocycles. The number of carbonyl (C=O) groups is 1. The van der Waals surface area contributed by atoms with Crippen LogP contribution < -0.4 is 0 Å². The Morgan fingerprint density at radius 1 is 1.29 bits per heavy atom. The fraction of sp³-hybridized carbons (Fsp3) is 0.778. The van der Waals surface area contributed by atoms with Crippen molar-refractivity contribution in [2.24, 2.45) is 5.92 Å². The molecule has 1 unspecified atom stereocenters. The lowest BCUT2D eigenvalue weighted by Crippen LogP contribution is -2.17. The average molecular weight is 291 g/mol. The highest BCUT2D eigenvalue weighted by Gasteiger charge is 2.18. The van der Waals surface area contributed by atoms with Crippen LogP contribution in [0.25, 0.3) is 0 Å². The Labute approximate surface area is 129 Å². The van der Waals surface area contributed by atoms with Crippen molar-refractivity contribution in [3.05, 3.63) is 11.6 Å². The van der Waals surface area contributed by atoms with Gasteiger partial charge in [-0.2, -0.15) is 5.26 Å². The molecule has 1 atom stereocenters. The molecule has 3 heteroatoms. The van der Waals surface area contributed by atoms with E-state index in [-0.39, 0.29) is 11.7 Å². The Bertz CT molecular complexity index is 375. The van der Waals surface area contributed by atoms with Crippen molar-refractivity contribution in [3.63, 3.8) is 0 Å². The molecule has 0 spiro atoms. The van der Waals surface area contributed by atoms with Crippen LogP contribution in [0.5, 0.6) is 0 Å². The standard InChI is InChI=1S/C18H29NO2/c1-3-4-5-7-10-15(2)21-18(20)17(14-19)13-16-11-8-6-9-12-16/h13,15-16H,3-12H2,1-2H3/b17-13+. The van der Waals surface area contributed by atoms with E-state index in [0.29, 0.717) is 5.92 Å². The van der Waals surface area contributed by atoms with Gasteiger partial charge in [0.05, 0.1) is 6.10 Å². The molecule has 0 radical (unpaired) electrons. The van der Waals surface area contributed by atoms with Gasteiger partial charge in [0, 0.05) is 0 Å². The first-order chi connectivity index (χ1) is 10.2. The number of esters is 1. The molecule has 118 valence electrons. The van der Waals surface area contributed by atoms with Crippen LogP contribution in [0, 0.1) is 17.2 Å². The fourth-order valence-electron chi connectivity index (χ4n) is 2.85. The van der Waals surface area contributed by atoms with Gasteiger partial charge in [0.1, 0.15) is 11.6 Å². The fourth-order valence-corrected chi connectivity index (χ4v) is 2.85. The number of ether oxygens (including phenoxy) is 1. The third kappa shape index (κ3) is 7.32. The van der Waals surface area contributed by atoms with Crippen molar-refractivity contribution in [1.29, 1.82) is 5.26 Å². The minimum atomic E-state index is -0.439. The van der Waals surface area contributed by atoms with Gasteiger partial charge >= 0.3 is 5.97 Å². The summed E-state index contributed by atoms with van der Waals surface area (Å²) in [5, 5.41) is 9.17. The first kappa shape index (κ1) is 17.8. The van der Waals surface area contributed by atoms with E-state index in [0.717, 1.165) is 25.7 Å². The van der Waals surface area contributed by atoms with Crippen LogP contribution in [-0.2, 0) is 9.53 Å². The normalized spacial score (nSPS) is 18.0. The van der Waals surface area contributed by atoms with Crippen LogP contribution in [0.3, 0.4) is 0 Å². The maximum atomic E-state index is 12.0. The Morgan fingerprint density at radius 2 is 2.00 bits per heavy atom. The van der Waals surface area contributed by atoms with Gasteiger partial charge in [0.25, 0.3) is 0 Å². The molecule has 0 bridgehead atoms. The lowest BCUT2D eigenvalue weighted by atomic mass is 9.88. The maximum Gasteiger partial charge on any atom is 0.348 e. The van der Waals surface area contributed by atoms with Gasteiger partial charge in [-0.25, -0.2) is 4.79 Å². The average Bonchev–Trinajstić information content (AvgIpc) is 2.50. The summed E-state index contributed by atoms with van der Waals surface area (Å²) in [6.07, 6.45) is 13.2. The molecule has 3 nitrogen and oxygen atoms in total. The molecule has 21 heavy (non-hydrogen) atoms. The number of hydrogen-bond donors (Lipinski definition) is 0. The molecule has 0 N–H and O–H groups in total. The summed E-state index contributed by atoms with van der Waals surface area (Å²) in [7, 11) is 0. The quantitative estimate of drug-likeness (QED) is 0.276. The van der Waals surface area contributed by atoms with Crippen LogP contribution in [-0.4, -0.2) is 12.1 Å². The topological polar surface area (TPSA) is 50.1 Å². The molecule has 1 fully saturated rings. The van der Waals surface area contributed by atoms with E-state index in [1.54, 1.807) is 0 Å². The first-order valence-corrected chi connectivity index (χ1v) is 8.50. The highest BCUT2D eigenvalue weighted by Crippen LogP contribution is 2.25. The molecular formula is C18H29NO2. The van der Waals surface area contributed by atoms with Crippen LogP contribution in [0.4, 0.5) is 0 Å². The number of nitriles is 1. The van der Waals surface area contributed by atoms with Gasteiger partial charge in [-0.1, -0.05) is 51.5 Å². The van der Waals surface area contributed by atoms with E-state index in [1.165, 1.54) is 38.5 Å². The number of rotatable bonds is 8. The van der Waals surface area contributed by atoms with Gasteiger partial charge in [-0.15, -0.1) is 0 Å². The predicted molar refractivity (Wildman–Crippen MR) is 84.6 cm³/mol. The van der Waals surface area contributed by atoms with Gasteiger partial charge < -0.3 is 4.74 Å². The lowest BCUT2D eigenvalue weighted by molar-refractivity contribution is -0.143. The Balaban J connectivity index is 2.39. The lowest BCUT2D eigenvalue weighted by Gasteiger charge is -2.18. The van der Waals surface area contributed by atoms with Crippen LogP contribution in [0.15, 0.2) is 11.6 Å². The second kappa shape index (κ2) is 10.4. The molecular weight excluding hydrogens is 262 g/mol. The molecule has 0 aromatic rings. The molecule has 0 aliphatic heterocycles. The Hall–Kier alpha value is -1.30. The highest BCUT2D eigenvalue weighted by atomic mass is 16.5. The molecule has 0 aromatic carbocycles. The summed E-state index contributed by atoms with van der Waals surface area (Å²) < 4.78 is 5.40. The van der Waals surface area contributed by atoms with Gasteiger partial charge in [-0.3, -0.25) is 0 Å². The van der Waals surface area contributed by atoms with Crippen molar-refractivity contribution in [2.75, 3.05) is 0 Å². The van der Waals surface area contributed by atoms with Crippen LogP contribution in [0.1, 0.15) is 78.1 Å². The summed E-state index contributed by atoms with van der Waals surface area (Å²) in [5.41, 5.74) is 0.197. The van der Waals surface area contributed by atoms with Crippen molar-refractivity contribution in [2.45, 2.75) is 84.2 Å². The van der Waals surface area contributed by atoms with Crippen molar-refractivity contribution in [1.82, 2.24) is 0 Å². The van der Waals surface area contributed by atoms with Crippen LogP contribution in [0.2, 0.25) is 0 Å². The number of hydrogen-bond acceptors (Lipinski definition) is 3.